The summed E-state index contributed by atoms with van der Waals surface area (Å²) in [6, 6.07) is 8.58. The standard InChI is InChI=1S/C16H21N3/c1-3-8-19-16(11-14-6-4-9-17-12-14)15-7-5-10-18-13(15)2/h4-7,9-10,12,16,19H,3,8,11H2,1-2H3. The molecule has 0 aliphatic rings. The lowest BCUT2D eigenvalue weighted by atomic mass is 9.98. The summed E-state index contributed by atoms with van der Waals surface area (Å²) < 4.78 is 0. The Kier molecular flexibility index (Phi) is 5.04. The van der Waals surface area contributed by atoms with Gasteiger partial charge in [-0.1, -0.05) is 19.1 Å². The smallest absolute Gasteiger partial charge is 0.0420 e. The van der Waals surface area contributed by atoms with Crippen molar-refractivity contribution in [1.82, 2.24) is 15.3 Å². The third-order valence-electron chi connectivity index (χ3n) is 3.23. The van der Waals surface area contributed by atoms with Crippen LogP contribution in [0.4, 0.5) is 0 Å². The number of hydrogen-bond acceptors (Lipinski definition) is 3. The summed E-state index contributed by atoms with van der Waals surface area (Å²) in [6.07, 6.45) is 7.67. The van der Waals surface area contributed by atoms with Crippen molar-refractivity contribution in [2.75, 3.05) is 6.54 Å². The second-order valence-electron chi connectivity index (χ2n) is 4.75. The van der Waals surface area contributed by atoms with Crippen LogP contribution in [-0.2, 0) is 6.42 Å². The van der Waals surface area contributed by atoms with Crippen molar-refractivity contribution in [3.8, 4) is 0 Å². The number of pyridine rings is 2. The van der Waals surface area contributed by atoms with Gasteiger partial charge in [0.15, 0.2) is 0 Å². The number of rotatable bonds is 6. The van der Waals surface area contributed by atoms with E-state index in [4.69, 9.17) is 0 Å². The van der Waals surface area contributed by atoms with Crippen LogP contribution < -0.4 is 5.32 Å². The van der Waals surface area contributed by atoms with E-state index >= 15 is 0 Å². The largest absolute Gasteiger partial charge is 0.310 e. The predicted molar refractivity (Wildman–Crippen MR) is 77.9 cm³/mol. The van der Waals surface area contributed by atoms with Crippen LogP contribution in [0, 0.1) is 6.92 Å². The van der Waals surface area contributed by atoms with Gasteiger partial charge in [-0.15, -0.1) is 0 Å². The highest BCUT2D eigenvalue weighted by Crippen LogP contribution is 2.20. The molecule has 3 heteroatoms. The summed E-state index contributed by atoms with van der Waals surface area (Å²) >= 11 is 0. The first-order chi connectivity index (χ1) is 9.31. The molecule has 1 unspecified atom stereocenters. The summed E-state index contributed by atoms with van der Waals surface area (Å²) in [5.74, 6) is 0. The lowest BCUT2D eigenvalue weighted by molar-refractivity contribution is 0.524. The zero-order valence-corrected chi connectivity index (χ0v) is 11.6. The first-order valence-corrected chi connectivity index (χ1v) is 6.85. The minimum absolute atomic E-state index is 0.304. The van der Waals surface area contributed by atoms with Crippen LogP contribution >= 0.6 is 0 Å². The molecule has 0 saturated heterocycles. The van der Waals surface area contributed by atoms with Crippen molar-refractivity contribution in [2.24, 2.45) is 0 Å². The van der Waals surface area contributed by atoms with Crippen molar-refractivity contribution in [1.29, 1.82) is 0 Å². The highest BCUT2D eigenvalue weighted by atomic mass is 14.9. The van der Waals surface area contributed by atoms with E-state index < -0.39 is 0 Å². The third kappa shape index (κ3) is 3.86. The molecule has 2 rings (SSSR count). The van der Waals surface area contributed by atoms with Crippen LogP contribution in [0.1, 0.15) is 36.2 Å². The minimum Gasteiger partial charge on any atom is -0.310 e. The molecule has 0 aliphatic heterocycles. The minimum atomic E-state index is 0.304. The normalized spacial score (nSPS) is 12.3. The number of hydrogen-bond donors (Lipinski definition) is 1. The van der Waals surface area contributed by atoms with Crippen LogP contribution in [0.5, 0.6) is 0 Å². The molecule has 100 valence electrons. The van der Waals surface area contributed by atoms with Gasteiger partial charge in [0.1, 0.15) is 0 Å². The molecule has 0 aliphatic carbocycles. The first kappa shape index (κ1) is 13.7. The lowest BCUT2D eigenvalue weighted by Gasteiger charge is -2.20. The van der Waals surface area contributed by atoms with Gasteiger partial charge in [-0.2, -0.15) is 0 Å². The second kappa shape index (κ2) is 7.00. The molecule has 3 nitrogen and oxygen atoms in total. The Morgan fingerprint density at radius 2 is 2.05 bits per heavy atom. The number of nitrogens with one attached hydrogen (secondary N) is 1. The molecule has 0 bridgehead atoms. The van der Waals surface area contributed by atoms with Gasteiger partial charge in [0.05, 0.1) is 0 Å². The van der Waals surface area contributed by atoms with Gasteiger partial charge >= 0.3 is 0 Å². The average Bonchev–Trinajstić information content (AvgIpc) is 2.45. The molecular weight excluding hydrogens is 234 g/mol. The molecule has 2 aromatic heterocycles. The molecule has 2 heterocycles. The lowest BCUT2D eigenvalue weighted by Crippen LogP contribution is -2.25. The molecular formula is C16H21N3. The van der Waals surface area contributed by atoms with Crippen molar-refractivity contribution >= 4 is 0 Å². The number of nitrogens with zero attached hydrogens (tertiary/aromatic N) is 2. The maximum atomic E-state index is 4.39. The molecule has 1 atom stereocenters. The van der Waals surface area contributed by atoms with Crippen LogP contribution in [0.2, 0.25) is 0 Å². The SMILES string of the molecule is CCCNC(Cc1cccnc1)c1cccnc1C. The zero-order valence-electron chi connectivity index (χ0n) is 11.6. The van der Waals surface area contributed by atoms with Gasteiger partial charge < -0.3 is 5.32 Å². The van der Waals surface area contributed by atoms with E-state index in [1.54, 1.807) is 0 Å². The van der Waals surface area contributed by atoms with Gasteiger partial charge in [-0.05, 0) is 49.6 Å². The average molecular weight is 255 g/mol. The van der Waals surface area contributed by atoms with Crippen molar-refractivity contribution in [3.63, 3.8) is 0 Å². The molecule has 0 saturated carbocycles. The van der Waals surface area contributed by atoms with Crippen molar-refractivity contribution < 1.29 is 0 Å². The van der Waals surface area contributed by atoms with Gasteiger partial charge in [-0.25, -0.2) is 0 Å². The quantitative estimate of drug-likeness (QED) is 0.862. The summed E-state index contributed by atoms with van der Waals surface area (Å²) in [6.45, 7) is 5.27. The molecule has 0 spiro atoms. The molecule has 0 aromatic carbocycles. The van der Waals surface area contributed by atoms with Crippen LogP contribution in [-0.4, -0.2) is 16.5 Å². The van der Waals surface area contributed by atoms with Crippen LogP contribution in [0.15, 0.2) is 42.9 Å². The van der Waals surface area contributed by atoms with Gasteiger partial charge in [0.2, 0.25) is 0 Å². The topological polar surface area (TPSA) is 37.8 Å². The summed E-state index contributed by atoms with van der Waals surface area (Å²) in [4.78, 5) is 8.58. The van der Waals surface area contributed by atoms with E-state index in [0.717, 1.165) is 25.1 Å². The molecule has 2 aromatic rings. The summed E-state index contributed by atoms with van der Waals surface area (Å²) in [7, 11) is 0. The Balaban J connectivity index is 2.19. The van der Waals surface area contributed by atoms with Crippen LogP contribution in [0.25, 0.3) is 0 Å². The molecule has 0 radical (unpaired) electrons. The fraction of sp³-hybridized carbons (Fsp3) is 0.375. The van der Waals surface area contributed by atoms with Gasteiger partial charge in [0, 0.05) is 30.3 Å². The van der Waals surface area contributed by atoms with Crippen LogP contribution in [0.3, 0.4) is 0 Å². The predicted octanol–water partition coefficient (Wildman–Crippen LogP) is 3.07. The fourth-order valence-electron chi connectivity index (χ4n) is 2.23. The van der Waals surface area contributed by atoms with E-state index in [2.05, 4.69) is 41.3 Å². The monoisotopic (exact) mass is 255 g/mol. The summed E-state index contributed by atoms with van der Waals surface area (Å²) in [5, 5.41) is 3.61. The van der Waals surface area contributed by atoms with Crippen molar-refractivity contribution in [3.05, 3.63) is 59.7 Å². The van der Waals surface area contributed by atoms with E-state index in [1.165, 1.54) is 11.1 Å². The molecule has 0 amide bonds. The number of aryl methyl sites for hydroxylation is 1. The Hall–Kier alpha value is -1.74. The first-order valence-electron chi connectivity index (χ1n) is 6.85. The molecule has 19 heavy (non-hydrogen) atoms. The zero-order chi connectivity index (χ0) is 13.5. The van der Waals surface area contributed by atoms with Crippen molar-refractivity contribution in [2.45, 2.75) is 32.7 Å². The molecule has 0 fully saturated rings. The number of aromatic nitrogens is 2. The maximum Gasteiger partial charge on any atom is 0.0420 e. The highest BCUT2D eigenvalue weighted by Gasteiger charge is 2.14. The highest BCUT2D eigenvalue weighted by molar-refractivity contribution is 5.25. The van der Waals surface area contributed by atoms with Gasteiger partial charge in [0.25, 0.3) is 0 Å². The Bertz CT molecular complexity index is 496. The third-order valence-corrected chi connectivity index (χ3v) is 3.23. The van der Waals surface area contributed by atoms with E-state index in [-0.39, 0.29) is 0 Å². The Labute approximate surface area is 115 Å². The van der Waals surface area contributed by atoms with E-state index in [9.17, 15) is 0 Å². The molecule has 1 N–H and O–H groups in total. The Morgan fingerprint density at radius 3 is 2.74 bits per heavy atom. The summed E-state index contributed by atoms with van der Waals surface area (Å²) in [5.41, 5.74) is 3.62. The second-order valence-corrected chi connectivity index (χ2v) is 4.75. The Morgan fingerprint density at radius 1 is 1.21 bits per heavy atom. The van der Waals surface area contributed by atoms with E-state index in [1.807, 2.05) is 30.7 Å². The van der Waals surface area contributed by atoms with E-state index in [0.29, 0.717) is 6.04 Å². The van der Waals surface area contributed by atoms with Gasteiger partial charge in [-0.3, -0.25) is 9.97 Å². The fourth-order valence-corrected chi connectivity index (χ4v) is 2.23. The maximum absolute atomic E-state index is 4.39.